The predicted octanol–water partition coefficient (Wildman–Crippen LogP) is 2.14. The fraction of sp³-hybridized carbons (Fsp3) is 0.750. The van der Waals surface area contributed by atoms with E-state index in [9.17, 15) is 5.11 Å². The number of hydrogen-bond acceptors (Lipinski definition) is 4. The second-order valence-electron chi connectivity index (χ2n) is 4.67. The Balaban J connectivity index is 2.21. The van der Waals surface area contributed by atoms with Crippen molar-refractivity contribution in [3.05, 3.63) is 16.4 Å². The Labute approximate surface area is 121 Å². The van der Waals surface area contributed by atoms with E-state index in [-0.39, 0.29) is 6.04 Å². The number of thioether (sulfide) groups is 1. The van der Waals surface area contributed by atoms with Gasteiger partial charge < -0.3 is 5.11 Å². The summed E-state index contributed by atoms with van der Waals surface area (Å²) in [5.74, 6) is 2.12. The molecule has 0 aromatic carbocycles. The fourth-order valence-electron chi connectivity index (χ4n) is 2.28. The summed E-state index contributed by atoms with van der Waals surface area (Å²) < 4.78 is 2.83. The molecule has 2 unspecified atom stereocenters. The van der Waals surface area contributed by atoms with Gasteiger partial charge in [-0.15, -0.1) is 0 Å². The van der Waals surface area contributed by atoms with Crippen LogP contribution in [0.1, 0.15) is 25.1 Å². The van der Waals surface area contributed by atoms with Crippen molar-refractivity contribution in [1.29, 1.82) is 0 Å². The molecular formula is C12H20BrN3OS. The molecule has 0 amide bonds. The first-order chi connectivity index (χ1) is 8.65. The third-order valence-corrected chi connectivity index (χ3v) is 5.02. The van der Waals surface area contributed by atoms with Crippen LogP contribution in [0.2, 0.25) is 0 Å². The molecule has 1 aromatic rings. The number of aliphatic hydroxyl groups is 1. The van der Waals surface area contributed by atoms with Crippen LogP contribution in [-0.2, 0) is 6.54 Å². The summed E-state index contributed by atoms with van der Waals surface area (Å²) in [6.45, 7) is 4.00. The molecule has 4 nitrogen and oxygen atoms in total. The number of likely N-dealkylation sites (N-methyl/N-ethyl adjacent to an activating group) is 1. The molecule has 0 bridgehead atoms. The van der Waals surface area contributed by atoms with E-state index < -0.39 is 6.10 Å². The molecule has 18 heavy (non-hydrogen) atoms. The average molecular weight is 334 g/mol. The van der Waals surface area contributed by atoms with Crippen LogP contribution in [0.3, 0.4) is 0 Å². The van der Waals surface area contributed by atoms with Gasteiger partial charge in [-0.1, -0.05) is 6.92 Å². The zero-order valence-electron chi connectivity index (χ0n) is 10.8. The van der Waals surface area contributed by atoms with Gasteiger partial charge in [-0.2, -0.15) is 16.9 Å². The van der Waals surface area contributed by atoms with E-state index >= 15 is 0 Å². The van der Waals surface area contributed by atoms with Crippen LogP contribution in [0.5, 0.6) is 0 Å². The summed E-state index contributed by atoms with van der Waals surface area (Å²) in [6.07, 6.45) is 2.32. The number of aliphatic hydroxyl groups excluding tert-OH is 1. The van der Waals surface area contributed by atoms with Gasteiger partial charge in [-0.25, -0.2) is 0 Å². The van der Waals surface area contributed by atoms with Gasteiger partial charge in [-0.3, -0.25) is 9.58 Å². The van der Waals surface area contributed by atoms with Gasteiger partial charge in [0.25, 0.3) is 0 Å². The smallest absolute Gasteiger partial charge is 0.113 e. The monoisotopic (exact) mass is 333 g/mol. The SMILES string of the molecule is CCCn1ncc(Br)c1C(O)C1CSCCN1C. The molecule has 1 aliphatic heterocycles. The third-order valence-electron chi connectivity index (χ3n) is 3.36. The Morgan fingerprint density at radius 1 is 1.67 bits per heavy atom. The lowest BCUT2D eigenvalue weighted by Crippen LogP contribution is -2.43. The topological polar surface area (TPSA) is 41.3 Å². The van der Waals surface area contributed by atoms with E-state index in [1.165, 1.54) is 0 Å². The lowest BCUT2D eigenvalue weighted by atomic mass is 10.1. The molecule has 2 rings (SSSR count). The maximum absolute atomic E-state index is 10.6. The zero-order chi connectivity index (χ0) is 13.1. The van der Waals surface area contributed by atoms with Crippen molar-refractivity contribution in [1.82, 2.24) is 14.7 Å². The van der Waals surface area contributed by atoms with E-state index in [0.717, 1.165) is 41.2 Å². The van der Waals surface area contributed by atoms with Crippen LogP contribution in [0.25, 0.3) is 0 Å². The standard InChI is InChI=1S/C12H20BrN3OS/c1-3-4-16-11(9(13)7-14-16)12(17)10-8-18-6-5-15(10)2/h7,10,12,17H,3-6,8H2,1-2H3. The van der Waals surface area contributed by atoms with Crippen molar-refractivity contribution < 1.29 is 5.11 Å². The van der Waals surface area contributed by atoms with E-state index in [1.807, 2.05) is 16.4 Å². The molecule has 102 valence electrons. The maximum Gasteiger partial charge on any atom is 0.113 e. The first-order valence-electron chi connectivity index (χ1n) is 6.32. The van der Waals surface area contributed by atoms with Gasteiger partial charge in [0.1, 0.15) is 6.10 Å². The minimum atomic E-state index is -0.480. The van der Waals surface area contributed by atoms with E-state index in [4.69, 9.17) is 0 Å². The first kappa shape index (κ1) is 14.4. The highest BCUT2D eigenvalue weighted by Crippen LogP contribution is 2.31. The summed E-state index contributed by atoms with van der Waals surface area (Å²) in [6, 6.07) is 0.173. The minimum absolute atomic E-state index is 0.173. The lowest BCUT2D eigenvalue weighted by Gasteiger charge is -2.35. The second-order valence-corrected chi connectivity index (χ2v) is 6.67. The van der Waals surface area contributed by atoms with Gasteiger partial charge in [0, 0.05) is 24.6 Å². The molecule has 0 saturated carbocycles. The minimum Gasteiger partial charge on any atom is -0.385 e. The molecule has 2 atom stereocenters. The Hall–Kier alpha value is -0.0400. The summed E-state index contributed by atoms with van der Waals surface area (Å²) in [7, 11) is 2.09. The van der Waals surface area contributed by atoms with Gasteiger partial charge in [0.05, 0.1) is 22.4 Å². The Bertz CT molecular complexity index is 399. The van der Waals surface area contributed by atoms with Gasteiger partial charge in [0.15, 0.2) is 0 Å². The van der Waals surface area contributed by atoms with Crippen molar-refractivity contribution >= 4 is 27.7 Å². The number of halogens is 1. The van der Waals surface area contributed by atoms with E-state index in [0.29, 0.717) is 0 Å². The van der Waals surface area contributed by atoms with Crippen LogP contribution in [0.15, 0.2) is 10.7 Å². The fourth-order valence-corrected chi connectivity index (χ4v) is 4.07. The Morgan fingerprint density at radius 3 is 3.11 bits per heavy atom. The number of rotatable bonds is 4. The van der Waals surface area contributed by atoms with Crippen LogP contribution in [0.4, 0.5) is 0 Å². The van der Waals surface area contributed by atoms with Crippen molar-refractivity contribution in [2.45, 2.75) is 32.0 Å². The normalized spacial score (nSPS) is 23.2. The van der Waals surface area contributed by atoms with Crippen LogP contribution < -0.4 is 0 Å². The Kier molecular flexibility index (Phi) is 5.12. The quantitative estimate of drug-likeness (QED) is 0.916. The highest BCUT2D eigenvalue weighted by molar-refractivity contribution is 9.10. The second kappa shape index (κ2) is 6.41. The highest BCUT2D eigenvalue weighted by Gasteiger charge is 2.31. The summed E-state index contributed by atoms with van der Waals surface area (Å²) in [5.41, 5.74) is 0.913. The molecule has 1 aromatic heterocycles. The molecule has 1 aliphatic rings. The zero-order valence-corrected chi connectivity index (χ0v) is 13.2. The van der Waals surface area contributed by atoms with Gasteiger partial charge >= 0.3 is 0 Å². The predicted molar refractivity (Wildman–Crippen MR) is 78.9 cm³/mol. The van der Waals surface area contributed by atoms with Crippen molar-refractivity contribution in [2.24, 2.45) is 0 Å². The largest absolute Gasteiger partial charge is 0.385 e. The molecule has 6 heteroatoms. The number of hydrogen-bond donors (Lipinski definition) is 1. The molecule has 0 radical (unpaired) electrons. The van der Waals surface area contributed by atoms with Gasteiger partial charge in [0.2, 0.25) is 0 Å². The van der Waals surface area contributed by atoms with Crippen molar-refractivity contribution in [3.63, 3.8) is 0 Å². The van der Waals surface area contributed by atoms with Gasteiger partial charge in [-0.05, 0) is 29.4 Å². The van der Waals surface area contributed by atoms with E-state index in [2.05, 4.69) is 39.9 Å². The molecule has 0 spiro atoms. The van der Waals surface area contributed by atoms with Crippen molar-refractivity contribution in [3.8, 4) is 0 Å². The third kappa shape index (κ3) is 2.92. The average Bonchev–Trinajstić information content (AvgIpc) is 2.71. The molecule has 0 aliphatic carbocycles. The summed E-state index contributed by atoms with van der Waals surface area (Å²) >= 11 is 5.42. The summed E-state index contributed by atoms with van der Waals surface area (Å²) in [4.78, 5) is 2.25. The number of aryl methyl sites for hydroxylation is 1. The molecule has 1 saturated heterocycles. The number of nitrogens with zero attached hydrogens (tertiary/aromatic N) is 3. The maximum atomic E-state index is 10.6. The summed E-state index contributed by atoms with van der Waals surface area (Å²) in [5, 5.41) is 15.0. The van der Waals surface area contributed by atoms with Crippen LogP contribution in [0, 0.1) is 0 Å². The van der Waals surface area contributed by atoms with Crippen LogP contribution in [-0.4, -0.2) is 50.9 Å². The number of aromatic nitrogens is 2. The van der Waals surface area contributed by atoms with Crippen LogP contribution >= 0.6 is 27.7 Å². The molecule has 1 N–H and O–H groups in total. The lowest BCUT2D eigenvalue weighted by molar-refractivity contribution is 0.0682. The molecular weight excluding hydrogens is 314 g/mol. The van der Waals surface area contributed by atoms with E-state index in [1.54, 1.807) is 6.20 Å². The Morgan fingerprint density at radius 2 is 2.44 bits per heavy atom. The van der Waals surface area contributed by atoms with Crippen molar-refractivity contribution in [2.75, 3.05) is 25.1 Å². The molecule has 1 fully saturated rings. The highest BCUT2D eigenvalue weighted by atomic mass is 79.9. The first-order valence-corrected chi connectivity index (χ1v) is 8.27. The molecule has 2 heterocycles.